The number of rotatable bonds is 4. The summed E-state index contributed by atoms with van der Waals surface area (Å²) in [6, 6.07) is 1.77. The molecule has 0 aromatic carbocycles. The molecule has 1 N–H and O–H groups in total. The van der Waals surface area contributed by atoms with E-state index in [0.717, 1.165) is 5.69 Å². The van der Waals surface area contributed by atoms with E-state index < -0.39 is 0 Å². The molecule has 0 aliphatic carbocycles. The molecule has 0 aliphatic rings. The van der Waals surface area contributed by atoms with Gasteiger partial charge in [-0.3, -0.25) is 4.79 Å². The molecule has 2 aromatic heterocycles. The summed E-state index contributed by atoms with van der Waals surface area (Å²) in [4.78, 5) is 18.0. The van der Waals surface area contributed by atoms with Crippen LogP contribution in [0.15, 0.2) is 16.9 Å². The number of carbonyl (C=O) groups excluding carboxylic acids is 1. The average Bonchev–Trinajstić information content (AvgIpc) is 2.86. The first-order valence-corrected chi connectivity index (χ1v) is 6.28. The lowest BCUT2D eigenvalue weighted by Gasteiger charge is -2.15. The van der Waals surface area contributed by atoms with Crippen LogP contribution in [0.5, 0.6) is 0 Å². The molecule has 20 heavy (non-hydrogen) atoms. The summed E-state index contributed by atoms with van der Waals surface area (Å²) < 4.78 is 5.15. The second-order valence-electron chi connectivity index (χ2n) is 4.55. The Morgan fingerprint density at radius 1 is 1.40 bits per heavy atom. The van der Waals surface area contributed by atoms with E-state index >= 15 is 0 Å². The maximum Gasteiger partial charge on any atom is 0.293 e. The van der Waals surface area contributed by atoms with Crippen molar-refractivity contribution < 1.29 is 9.21 Å². The number of carbonyl (C=O) groups is 1. The number of amides is 1. The van der Waals surface area contributed by atoms with Crippen molar-refractivity contribution in [2.24, 2.45) is 0 Å². The van der Waals surface area contributed by atoms with E-state index in [2.05, 4.69) is 20.5 Å². The van der Waals surface area contributed by atoms with Crippen molar-refractivity contribution in [2.75, 3.05) is 24.3 Å². The van der Waals surface area contributed by atoms with Crippen LogP contribution in [0, 0.1) is 6.92 Å². The molecule has 1 amide bonds. The lowest BCUT2D eigenvalue weighted by Crippen LogP contribution is -2.19. The lowest BCUT2D eigenvalue weighted by atomic mass is 10.2. The Balaban J connectivity index is 2.30. The van der Waals surface area contributed by atoms with Crippen LogP contribution < -0.4 is 10.2 Å². The zero-order valence-corrected chi connectivity index (χ0v) is 12.0. The van der Waals surface area contributed by atoms with E-state index in [1.54, 1.807) is 11.0 Å². The van der Waals surface area contributed by atoms with E-state index in [1.165, 1.54) is 6.39 Å². The van der Waals surface area contributed by atoms with Gasteiger partial charge < -0.3 is 14.6 Å². The fraction of sp³-hybridized carbons (Fsp3) is 0.385. The number of oxazole rings is 1. The topological polar surface area (TPSA) is 84.2 Å². The fourth-order valence-corrected chi connectivity index (χ4v) is 1.79. The molecule has 0 radical (unpaired) electrons. The summed E-state index contributed by atoms with van der Waals surface area (Å²) in [6.45, 7) is 3.73. The molecule has 0 aliphatic heterocycles. The average molecular weight is 275 g/mol. The standard InChI is InChI=1S/C13H17N5O2/c1-5-9-11(20-7-14-9)13(19)15-10-6-8(2)16-17-12(10)18(3)4/h6-7H,5H2,1-4H3,(H,15,16,19). The fourth-order valence-electron chi connectivity index (χ4n) is 1.79. The number of aryl methyl sites for hydroxylation is 2. The van der Waals surface area contributed by atoms with Crippen molar-refractivity contribution in [3.05, 3.63) is 29.6 Å². The first kappa shape index (κ1) is 14.0. The Bertz CT molecular complexity index is 621. The summed E-state index contributed by atoms with van der Waals surface area (Å²) in [5.41, 5.74) is 1.94. The van der Waals surface area contributed by atoms with Crippen LogP contribution in [-0.4, -0.2) is 35.2 Å². The summed E-state index contributed by atoms with van der Waals surface area (Å²) in [5.74, 6) is 0.475. The van der Waals surface area contributed by atoms with Gasteiger partial charge >= 0.3 is 0 Å². The maximum absolute atomic E-state index is 12.2. The Labute approximate surface area is 117 Å². The largest absolute Gasteiger partial charge is 0.438 e. The smallest absolute Gasteiger partial charge is 0.293 e. The first-order valence-electron chi connectivity index (χ1n) is 6.28. The number of hydrogen-bond acceptors (Lipinski definition) is 6. The van der Waals surface area contributed by atoms with Crippen LogP contribution in [0.3, 0.4) is 0 Å². The summed E-state index contributed by atoms with van der Waals surface area (Å²) >= 11 is 0. The lowest BCUT2D eigenvalue weighted by molar-refractivity contribution is 0.0995. The van der Waals surface area contributed by atoms with Gasteiger partial charge in [0.1, 0.15) is 0 Å². The molecular formula is C13H17N5O2. The number of aromatic nitrogens is 3. The Kier molecular flexibility index (Phi) is 3.97. The van der Waals surface area contributed by atoms with Crippen molar-refractivity contribution in [3.8, 4) is 0 Å². The van der Waals surface area contributed by atoms with Gasteiger partial charge in [-0.15, -0.1) is 5.10 Å². The monoisotopic (exact) mass is 275 g/mol. The number of nitrogens with zero attached hydrogens (tertiary/aromatic N) is 4. The molecule has 0 atom stereocenters. The van der Waals surface area contributed by atoms with Crippen molar-refractivity contribution in [1.29, 1.82) is 0 Å². The highest BCUT2D eigenvalue weighted by atomic mass is 16.3. The minimum Gasteiger partial charge on any atom is -0.438 e. The van der Waals surface area contributed by atoms with Gasteiger partial charge in [0.2, 0.25) is 5.76 Å². The van der Waals surface area contributed by atoms with E-state index in [1.807, 2.05) is 27.9 Å². The Morgan fingerprint density at radius 3 is 2.80 bits per heavy atom. The molecule has 2 rings (SSSR count). The summed E-state index contributed by atoms with van der Waals surface area (Å²) in [6.07, 6.45) is 1.91. The van der Waals surface area contributed by atoms with Crippen LogP contribution in [0.4, 0.5) is 11.5 Å². The van der Waals surface area contributed by atoms with Gasteiger partial charge in [-0.05, 0) is 19.4 Å². The molecule has 2 aromatic rings. The number of hydrogen-bond donors (Lipinski definition) is 1. The Morgan fingerprint density at radius 2 is 2.15 bits per heavy atom. The van der Waals surface area contributed by atoms with Crippen molar-refractivity contribution >= 4 is 17.4 Å². The second-order valence-corrected chi connectivity index (χ2v) is 4.55. The van der Waals surface area contributed by atoms with Gasteiger partial charge in [0.15, 0.2) is 12.2 Å². The van der Waals surface area contributed by atoms with E-state index in [4.69, 9.17) is 4.42 Å². The SMILES string of the molecule is CCc1ncoc1C(=O)Nc1cc(C)nnc1N(C)C. The summed E-state index contributed by atoms with van der Waals surface area (Å²) in [7, 11) is 3.67. The molecule has 0 saturated carbocycles. The van der Waals surface area contributed by atoms with E-state index in [-0.39, 0.29) is 11.7 Å². The highest BCUT2D eigenvalue weighted by molar-refractivity contribution is 6.04. The Hall–Kier alpha value is -2.44. The molecular weight excluding hydrogens is 258 g/mol. The quantitative estimate of drug-likeness (QED) is 0.913. The van der Waals surface area contributed by atoms with Crippen LogP contribution in [0.1, 0.15) is 28.9 Å². The van der Waals surface area contributed by atoms with Crippen LogP contribution in [0.2, 0.25) is 0 Å². The van der Waals surface area contributed by atoms with Crippen LogP contribution >= 0.6 is 0 Å². The zero-order valence-electron chi connectivity index (χ0n) is 12.0. The third-order valence-corrected chi connectivity index (χ3v) is 2.75. The van der Waals surface area contributed by atoms with Gasteiger partial charge in [0.05, 0.1) is 17.1 Å². The number of anilines is 2. The molecule has 2 heterocycles. The van der Waals surface area contributed by atoms with E-state index in [9.17, 15) is 4.79 Å². The molecule has 106 valence electrons. The molecule has 0 spiro atoms. The van der Waals surface area contributed by atoms with Crippen molar-refractivity contribution in [1.82, 2.24) is 15.2 Å². The predicted octanol–water partition coefficient (Wildman–Crippen LogP) is 1.65. The van der Waals surface area contributed by atoms with E-state index in [0.29, 0.717) is 23.6 Å². The first-order chi connectivity index (χ1) is 9.52. The van der Waals surface area contributed by atoms with Gasteiger partial charge in [-0.25, -0.2) is 4.98 Å². The number of nitrogens with one attached hydrogen (secondary N) is 1. The summed E-state index contributed by atoms with van der Waals surface area (Å²) in [5, 5.41) is 10.8. The minimum absolute atomic E-state index is 0.228. The predicted molar refractivity (Wildman–Crippen MR) is 74.9 cm³/mol. The van der Waals surface area contributed by atoms with Crippen molar-refractivity contribution in [3.63, 3.8) is 0 Å². The highest BCUT2D eigenvalue weighted by Gasteiger charge is 2.18. The molecule has 0 bridgehead atoms. The third-order valence-electron chi connectivity index (χ3n) is 2.75. The van der Waals surface area contributed by atoms with Gasteiger partial charge in [-0.2, -0.15) is 5.10 Å². The highest BCUT2D eigenvalue weighted by Crippen LogP contribution is 2.22. The molecule has 0 unspecified atom stereocenters. The van der Waals surface area contributed by atoms with Crippen molar-refractivity contribution in [2.45, 2.75) is 20.3 Å². The third kappa shape index (κ3) is 2.76. The normalized spacial score (nSPS) is 10.4. The minimum atomic E-state index is -0.338. The van der Waals surface area contributed by atoms with Gasteiger partial charge in [0, 0.05) is 14.1 Å². The van der Waals surface area contributed by atoms with Gasteiger partial charge in [-0.1, -0.05) is 6.92 Å². The molecule has 7 nitrogen and oxygen atoms in total. The molecule has 0 saturated heterocycles. The van der Waals surface area contributed by atoms with Gasteiger partial charge in [0.25, 0.3) is 5.91 Å². The molecule has 0 fully saturated rings. The maximum atomic E-state index is 12.2. The molecule has 7 heteroatoms. The van der Waals surface area contributed by atoms with Crippen LogP contribution in [0.25, 0.3) is 0 Å². The zero-order chi connectivity index (χ0) is 14.7. The second kappa shape index (κ2) is 5.68. The van der Waals surface area contributed by atoms with Crippen LogP contribution in [-0.2, 0) is 6.42 Å².